The molecule has 1 amide bonds. The number of fused-ring (bicyclic) bond motifs is 3. The molecule has 0 unspecified atom stereocenters. The van der Waals surface area contributed by atoms with E-state index in [4.69, 9.17) is 9.47 Å². The van der Waals surface area contributed by atoms with E-state index in [2.05, 4.69) is 5.32 Å². The number of anilines is 2. The first-order valence-corrected chi connectivity index (χ1v) is 12.3. The van der Waals surface area contributed by atoms with E-state index in [0.29, 0.717) is 17.1 Å². The van der Waals surface area contributed by atoms with Crippen LogP contribution in [0.5, 0.6) is 5.75 Å². The Morgan fingerprint density at radius 2 is 1.81 bits per heavy atom. The Morgan fingerprint density at radius 3 is 2.47 bits per heavy atom. The van der Waals surface area contributed by atoms with E-state index < -0.39 is 21.7 Å². The highest BCUT2D eigenvalue weighted by molar-refractivity contribution is 7.92. The number of carbonyl (C=O) groups is 1. The molecular weight excluding hydrogens is 448 g/mol. The number of nitrogens with one attached hydrogen (secondary N) is 1. The molecule has 0 saturated carbocycles. The summed E-state index contributed by atoms with van der Waals surface area (Å²) in [6.07, 6.45) is -0.558. The molecule has 1 N–H and O–H groups in total. The molecule has 32 heavy (non-hydrogen) atoms. The lowest BCUT2D eigenvalue weighted by Gasteiger charge is -2.31. The second-order valence-corrected chi connectivity index (χ2v) is 11.1. The van der Waals surface area contributed by atoms with Crippen molar-refractivity contribution in [3.8, 4) is 16.2 Å². The Balaban J connectivity index is 1.72. The number of ether oxygens (including phenoxy) is 2. The number of nitrogens with zero attached hydrogens (tertiary/aromatic N) is 1. The summed E-state index contributed by atoms with van der Waals surface area (Å²) in [4.78, 5) is 13.3. The molecule has 0 radical (unpaired) electrons. The largest absolute Gasteiger partial charge is 0.497 e. The predicted octanol–water partition coefficient (Wildman–Crippen LogP) is 5.48. The monoisotopic (exact) mass is 472 g/mol. The molecule has 2 heterocycles. The molecule has 0 aliphatic carbocycles. The van der Waals surface area contributed by atoms with Gasteiger partial charge < -0.3 is 9.47 Å². The highest BCUT2D eigenvalue weighted by Crippen LogP contribution is 2.48. The highest BCUT2D eigenvalue weighted by atomic mass is 32.2. The number of benzene rings is 2. The number of carbonyl (C=O) groups excluding carboxylic acids is 1. The van der Waals surface area contributed by atoms with Crippen LogP contribution in [0.15, 0.2) is 58.8 Å². The summed E-state index contributed by atoms with van der Waals surface area (Å²) < 4.78 is 38.9. The van der Waals surface area contributed by atoms with Crippen LogP contribution < -0.4 is 14.4 Å². The molecule has 0 atom stereocenters. The molecule has 168 valence electrons. The molecule has 1 aliphatic rings. The van der Waals surface area contributed by atoms with Gasteiger partial charge in [0, 0.05) is 5.56 Å². The number of sulfonamides is 1. The van der Waals surface area contributed by atoms with Crippen molar-refractivity contribution < 1.29 is 22.7 Å². The zero-order chi connectivity index (χ0) is 23.1. The minimum atomic E-state index is -3.80. The van der Waals surface area contributed by atoms with Crippen molar-refractivity contribution in [1.82, 2.24) is 0 Å². The fraction of sp³-hybridized carbons (Fsp3) is 0.261. The average molecular weight is 473 g/mol. The van der Waals surface area contributed by atoms with Crippen molar-refractivity contribution in [1.29, 1.82) is 0 Å². The van der Waals surface area contributed by atoms with Gasteiger partial charge in [0.2, 0.25) is 0 Å². The third kappa shape index (κ3) is 4.18. The van der Waals surface area contributed by atoms with Gasteiger partial charge in [0.25, 0.3) is 10.0 Å². The second kappa shape index (κ2) is 8.14. The van der Waals surface area contributed by atoms with Gasteiger partial charge in [0.05, 0.1) is 34.8 Å². The molecule has 3 aromatic rings. The van der Waals surface area contributed by atoms with Crippen molar-refractivity contribution in [2.24, 2.45) is 0 Å². The first kappa shape index (κ1) is 22.2. The maximum Gasteiger partial charge on any atom is 0.412 e. The number of hydrogen-bond acceptors (Lipinski definition) is 6. The summed E-state index contributed by atoms with van der Waals surface area (Å²) in [5.41, 5.74) is 2.14. The fourth-order valence-corrected chi connectivity index (χ4v) is 6.04. The summed E-state index contributed by atoms with van der Waals surface area (Å²) in [7, 11) is -2.27. The van der Waals surface area contributed by atoms with Crippen molar-refractivity contribution >= 4 is 38.8 Å². The van der Waals surface area contributed by atoms with E-state index in [1.165, 1.54) is 34.9 Å². The van der Waals surface area contributed by atoms with E-state index in [1.54, 1.807) is 51.1 Å². The van der Waals surface area contributed by atoms with E-state index in [-0.39, 0.29) is 11.4 Å². The zero-order valence-corrected chi connectivity index (χ0v) is 19.8. The van der Waals surface area contributed by atoms with Gasteiger partial charge in [-0.05, 0) is 68.1 Å². The van der Waals surface area contributed by atoms with Crippen LogP contribution in [0.2, 0.25) is 0 Å². The molecule has 0 fully saturated rings. The molecule has 0 bridgehead atoms. The zero-order valence-electron chi connectivity index (χ0n) is 18.2. The van der Waals surface area contributed by atoms with Gasteiger partial charge >= 0.3 is 6.09 Å². The second-order valence-electron chi connectivity index (χ2n) is 8.29. The molecular formula is C23H24N2O5S2. The van der Waals surface area contributed by atoms with E-state index in [1.807, 2.05) is 11.4 Å². The first-order chi connectivity index (χ1) is 15.1. The maximum atomic E-state index is 13.5. The first-order valence-electron chi connectivity index (χ1n) is 9.97. The molecule has 0 spiro atoms. The third-order valence-corrected chi connectivity index (χ3v) is 7.58. The van der Waals surface area contributed by atoms with Crippen LogP contribution >= 0.6 is 11.3 Å². The highest BCUT2D eigenvalue weighted by Gasteiger charge is 2.34. The van der Waals surface area contributed by atoms with E-state index in [9.17, 15) is 13.2 Å². The normalized spacial score (nSPS) is 13.2. The number of methoxy groups -OCH3 is 1. The molecule has 1 aromatic heterocycles. The van der Waals surface area contributed by atoms with Crippen molar-refractivity contribution in [3.63, 3.8) is 0 Å². The molecule has 1 aliphatic heterocycles. The number of rotatable bonds is 4. The molecule has 4 rings (SSSR count). The van der Waals surface area contributed by atoms with Crippen molar-refractivity contribution in [3.05, 3.63) is 59.5 Å². The van der Waals surface area contributed by atoms with E-state index >= 15 is 0 Å². The standard InChI is InChI=1S/C23H24N2O5S2/c1-23(2,3)30-22(26)24-18-7-5-6-15-14-25(19-12-13-31-21(19)20(15)18)32(27,28)17-10-8-16(29-4)9-11-17/h5-13H,14H2,1-4H3,(H,24,26). The fourth-order valence-electron chi connectivity index (χ4n) is 3.53. The van der Waals surface area contributed by atoms with Gasteiger partial charge in [-0.15, -0.1) is 11.3 Å². The Kier molecular flexibility index (Phi) is 5.64. The number of hydrogen-bond donors (Lipinski definition) is 1. The van der Waals surface area contributed by atoms with Crippen LogP contribution in [0.4, 0.5) is 16.2 Å². The van der Waals surface area contributed by atoms with Crippen LogP contribution in [0.3, 0.4) is 0 Å². The number of amides is 1. The Morgan fingerprint density at radius 1 is 1.09 bits per heavy atom. The lowest BCUT2D eigenvalue weighted by Crippen LogP contribution is -2.33. The summed E-state index contributed by atoms with van der Waals surface area (Å²) in [5.74, 6) is 0.585. The lowest BCUT2D eigenvalue weighted by atomic mass is 9.99. The topological polar surface area (TPSA) is 84.9 Å². The predicted molar refractivity (Wildman–Crippen MR) is 126 cm³/mol. The van der Waals surface area contributed by atoms with E-state index in [0.717, 1.165) is 16.0 Å². The Hall–Kier alpha value is -3.04. The van der Waals surface area contributed by atoms with Crippen LogP contribution in [0.1, 0.15) is 26.3 Å². The van der Waals surface area contributed by atoms with Crippen LogP contribution in [0.25, 0.3) is 10.4 Å². The van der Waals surface area contributed by atoms with Gasteiger partial charge in [-0.2, -0.15) is 0 Å². The van der Waals surface area contributed by atoms with Gasteiger partial charge in [0.15, 0.2) is 0 Å². The SMILES string of the molecule is COc1ccc(S(=O)(=O)N2Cc3cccc(NC(=O)OC(C)(C)C)c3-c3sccc32)cc1. The van der Waals surface area contributed by atoms with Gasteiger partial charge in [0.1, 0.15) is 11.4 Å². The smallest absolute Gasteiger partial charge is 0.412 e. The van der Waals surface area contributed by atoms with Crippen LogP contribution in [0, 0.1) is 0 Å². The van der Waals surface area contributed by atoms with Gasteiger partial charge in [-0.25, -0.2) is 13.2 Å². The van der Waals surface area contributed by atoms with Gasteiger partial charge in [-0.3, -0.25) is 9.62 Å². The quantitative estimate of drug-likeness (QED) is 0.544. The molecule has 9 heteroatoms. The Bertz CT molecular complexity index is 1260. The summed E-state index contributed by atoms with van der Waals surface area (Å²) in [6.45, 7) is 5.54. The van der Waals surface area contributed by atoms with Crippen LogP contribution in [-0.2, 0) is 21.3 Å². The Labute approximate surface area is 191 Å². The van der Waals surface area contributed by atoms with Gasteiger partial charge in [-0.1, -0.05) is 12.1 Å². The summed E-state index contributed by atoms with van der Waals surface area (Å²) in [6, 6.07) is 13.6. The lowest BCUT2D eigenvalue weighted by molar-refractivity contribution is 0.0636. The summed E-state index contributed by atoms with van der Waals surface area (Å²) >= 11 is 1.43. The minimum Gasteiger partial charge on any atom is -0.497 e. The third-order valence-electron chi connectivity index (χ3n) is 4.89. The number of thiophene rings is 1. The molecule has 2 aromatic carbocycles. The maximum absolute atomic E-state index is 13.5. The minimum absolute atomic E-state index is 0.150. The van der Waals surface area contributed by atoms with Crippen molar-refractivity contribution in [2.75, 3.05) is 16.7 Å². The van der Waals surface area contributed by atoms with Crippen LogP contribution in [-0.4, -0.2) is 27.2 Å². The summed E-state index contributed by atoms with van der Waals surface area (Å²) in [5, 5.41) is 4.67. The molecule has 7 nitrogen and oxygen atoms in total. The molecule has 0 saturated heterocycles. The average Bonchev–Trinajstić information content (AvgIpc) is 3.21. The van der Waals surface area contributed by atoms with Crippen molar-refractivity contribution in [2.45, 2.75) is 37.8 Å².